The summed E-state index contributed by atoms with van der Waals surface area (Å²) in [6, 6.07) is 12.2. The van der Waals surface area contributed by atoms with Gasteiger partial charge in [-0.25, -0.2) is 0 Å². The van der Waals surface area contributed by atoms with E-state index in [1.165, 1.54) is 11.1 Å². The molecule has 1 amide bonds. The van der Waals surface area contributed by atoms with Crippen molar-refractivity contribution in [2.45, 2.75) is 38.1 Å². The molecule has 6 heteroatoms. The van der Waals surface area contributed by atoms with Crippen molar-refractivity contribution in [3.05, 3.63) is 63.1 Å². The van der Waals surface area contributed by atoms with Crippen LogP contribution in [0.25, 0.3) is 0 Å². The molecule has 2 aromatic rings. The second-order valence-electron chi connectivity index (χ2n) is 6.88. The van der Waals surface area contributed by atoms with Crippen molar-refractivity contribution >= 4 is 29.1 Å². The van der Waals surface area contributed by atoms with Crippen LogP contribution in [0.4, 0.5) is 0 Å². The van der Waals surface area contributed by atoms with Crippen LogP contribution in [0.15, 0.2) is 36.4 Å². The number of nitrogens with two attached hydrogens (primary N) is 1. The predicted octanol–water partition coefficient (Wildman–Crippen LogP) is 4.11. The monoisotopic (exact) mass is 406 g/mol. The van der Waals surface area contributed by atoms with E-state index in [-0.39, 0.29) is 12.5 Å². The normalized spacial score (nSPS) is 18.8. The van der Waals surface area contributed by atoms with Crippen LogP contribution in [0.3, 0.4) is 0 Å². The van der Waals surface area contributed by atoms with Crippen molar-refractivity contribution < 1.29 is 9.53 Å². The molecule has 1 aliphatic rings. The Balaban J connectivity index is 1.91. The summed E-state index contributed by atoms with van der Waals surface area (Å²) < 4.78 is 5.53. The number of benzene rings is 2. The van der Waals surface area contributed by atoms with Crippen molar-refractivity contribution in [2.24, 2.45) is 5.73 Å². The Hall–Kier alpha value is -1.75. The first-order chi connectivity index (χ1) is 13.0. The number of primary amides is 1. The first-order valence-corrected chi connectivity index (χ1v) is 9.94. The standard InChI is InChI=1S/C21H24Cl2N2O2/c1-2-25-20-8-5-14-4-6-15(27-12-21(24)26)11-16(14)17(20)9-13-3-7-18(22)19(23)10-13/h3-4,6-7,10-11,17,20,25H,2,5,8-9,12H2,1H3,(H2,24,26). The Morgan fingerprint density at radius 1 is 1.22 bits per heavy atom. The topological polar surface area (TPSA) is 64.3 Å². The Kier molecular flexibility index (Phi) is 6.64. The maximum absolute atomic E-state index is 11.0. The second-order valence-corrected chi connectivity index (χ2v) is 7.69. The number of hydrogen-bond donors (Lipinski definition) is 2. The van der Waals surface area contributed by atoms with Gasteiger partial charge in [-0.2, -0.15) is 0 Å². The predicted molar refractivity (Wildman–Crippen MR) is 110 cm³/mol. The van der Waals surface area contributed by atoms with Gasteiger partial charge in [0.15, 0.2) is 6.61 Å². The molecule has 0 fully saturated rings. The summed E-state index contributed by atoms with van der Waals surface area (Å²) in [5.74, 6) is 0.470. The maximum Gasteiger partial charge on any atom is 0.255 e. The third-order valence-corrected chi connectivity index (χ3v) is 5.75. The molecule has 27 heavy (non-hydrogen) atoms. The number of carbonyl (C=O) groups is 1. The molecule has 0 spiro atoms. The minimum Gasteiger partial charge on any atom is -0.484 e. The Labute approximate surface area is 170 Å². The number of halogens is 2. The molecule has 3 rings (SSSR count). The SMILES string of the molecule is CCNC1CCc2ccc(OCC(N)=O)cc2C1Cc1ccc(Cl)c(Cl)c1. The molecule has 4 nitrogen and oxygen atoms in total. The zero-order valence-corrected chi connectivity index (χ0v) is 16.8. The lowest BCUT2D eigenvalue weighted by atomic mass is 9.76. The molecule has 0 radical (unpaired) electrons. The van der Waals surface area contributed by atoms with E-state index in [9.17, 15) is 4.79 Å². The molecular weight excluding hydrogens is 383 g/mol. The van der Waals surface area contributed by atoms with E-state index in [4.69, 9.17) is 33.7 Å². The van der Waals surface area contributed by atoms with Crippen LogP contribution in [-0.4, -0.2) is 25.1 Å². The van der Waals surface area contributed by atoms with E-state index >= 15 is 0 Å². The minimum absolute atomic E-state index is 0.118. The fourth-order valence-corrected chi connectivity index (χ4v) is 4.12. The van der Waals surface area contributed by atoms with Gasteiger partial charge in [0.2, 0.25) is 0 Å². The van der Waals surface area contributed by atoms with Gasteiger partial charge in [0.1, 0.15) is 5.75 Å². The Bertz CT molecular complexity index is 826. The maximum atomic E-state index is 11.0. The van der Waals surface area contributed by atoms with Crippen molar-refractivity contribution in [1.29, 1.82) is 0 Å². The number of likely N-dealkylation sites (N-methyl/N-ethyl adjacent to an activating group) is 1. The van der Waals surface area contributed by atoms with E-state index in [0.29, 0.717) is 21.8 Å². The van der Waals surface area contributed by atoms with Crippen LogP contribution in [-0.2, 0) is 17.6 Å². The van der Waals surface area contributed by atoms with Gasteiger partial charge in [-0.05, 0) is 66.8 Å². The molecule has 1 aliphatic carbocycles. The van der Waals surface area contributed by atoms with Gasteiger partial charge >= 0.3 is 0 Å². The van der Waals surface area contributed by atoms with Crippen molar-refractivity contribution in [1.82, 2.24) is 5.32 Å². The van der Waals surface area contributed by atoms with Crippen molar-refractivity contribution in [2.75, 3.05) is 13.2 Å². The third-order valence-electron chi connectivity index (χ3n) is 5.01. The van der Waals surface area contributed by atoms with Gasteiger partial charge in [-0.1, -0.05) is 42.3 Å². The quantitative estimate of drug-likeness (QED) is 0.726. The molecule has 144 valence electrons. The molecule has 0 bridgehead atoms. The Morgan fingerprint density at radius 3 is 2.74 bits per heavy atom. The highest BCUT2D eigenvalue weighted by Crippen LogP contribution is 2.37. The van der Waals surface area contributed by atoms with Gasteiger partial charge in [0, 0.05) is 12.0 Å². The van der Waals surface area contributed by atoms with E-state index in [1.807, 2.05) is 30.3 Å². The molecule has 3 N–H and O–H groups in total. The first-order valence-electron chi connectivity index (χ1n) is 9.19. The molecule has 0 saturated heterocycles. The van der Waals surface area contributed by atoms with Gasteiger partial charge < -0.3 is 15.8 Å². The van der Waals surface area contributed by atoms with Gasteiger partial charge in [-0.15, -0.1) is 0 Å². The summed E-state index contributed by atoms with van der Waals surface area (Å²) in [4.78, 5) is 11.0. The second kappa shape index (κ2) is 8.96. The van der Waals surface area contributed by atoms with Crippen LogP contribution in [0.5, 0.6) is 5.75 Å². The van der Waals surface area contributed by atoms with E-state index in [2.05, 4.69) is 18.3 Å². The number of carbonyl (C=O) groups excluding carboxylic acids is 1. The number of fused-ring (bicyclic) bond motifs is 1. The van der Waals surface area contributed by atoms with E-state index in [0.717, 1.165) is 31.4 Å². The number of nitrogens with one attached hydrogen (secondary N) is 1. The fourth-order valence-electron chi connectivity index (χ4n) is 3.80. The summed E-state index contributed by atoms with van der Waals surface area (Å²) in [7, 11) is 0. The van der Waals surface area contributed by atoms with Crippen LogP contribution < -0.4 is 15.8 Å². The van der Waals surface area contributed by atoms with Crippen molar-refractivity contribution in [3.8, 4) is 5.75 Å². The molecule has 2 atom stereocenters. The summed E-state index contributed by atoms with van der Waals surface area (Å²) in [6.07, 6.45) is 2.94. The zero-order chi connectivity index (χ0) is 19.4. The van der Waals surface area contributed by atoms with Crippen LogP contribution in [0.1, 0.15) is 36.0 Å². The van der Waals surface area contributed by atoms with Crippen LogP contribution in [0.2, 0.25) is 10.0 Å². The number of ether oxygens (including phenoxy) is 1. The average Bonchev–Trinajstić information content (AvgIpc) is 2.65. The smallest absolute Gasteiger partial charge is 0.255 e. The van der Waals surface area contributed by atoms with E-state index < -0.39 is 5.91 Å². The number of rotatable bonds is 7. The first kappa shape index (κ1) is 20.0. The zero-order valence-electron chi connectivity index (χ0n) is 15.3. The van der Waals surface area contributed by atoms with Gasteiger partial charge in [-0.3, -0.25) is 4.79 Å². The third kappa shape index (κ3) is 4.95. The number of aryl methyl sites for hydroxylation is 1. The molecule has 0 heterocycles. The number of hydrogen-bond acceptors (Lipinski definition) is 3. The molecule has 0 aromatic heterocycles. The molecule has 2 aromatic carbocycles. The fraction of sp³-hybridized carbons (Fsp3) is 0.381. The highest BCUT2D eigenvalue weighted by molar-refractivity contribution is 6.42. The molecule has 0 aliphatic heterocycles. The summed E-state index contributed by atoms with van der Waals surface area (Å²) in [5, 5.41) is 4.75. The van der Waals surface area contributed by atoms with Gasteiger partial charge in [0.25, 0.3) is 5.91 Å². The largest absolute Gasteiger partial charge is 0.484 e. The summed E-state index contributed by atoms with van der Waals surface area (Å²) >= 11 is 12.3. The lowest BCUT2D eigenvalue weighted by Gasteiger charge is -2.35. The van der Waals surface area contributed by atoms with Crippen LogP contribution >= 0.6 is 23.2 Å². The molecular formula is C21H24Cl2N2O2. The lowest BCUT2D eigenvalue weighted by Crippen LogP contribution is -2.39. The highest BCUT2D eigenvalue weighted by atomic mass is 35.5. The Morgan fingerprint density at radius 2 is 2.04 bits per heavy atom. The average molecular weight is 407 g/mol. The molecule has 0 saturated carbocycles. The van der Waals surface area contributed by atoms with Crippen molar-refractivity contribution in [3.63, 3.8) is 0 Å². The number of amides is 1. The lowest BCUT2D eigenvalue weighted by molar-refractivity contribution is -0.119. The summed E-state index contributed by atoms with van der Waals surface area (Å²) in [5.41, 5.74) is 8.92. The van der Waals surface area contributed by atoms with E-state index in [1.54, 1.807) is 0 Å². The van der Waals surface area contributed by atoms with Gasteiger partial charge in [0.05, 0.1) is 10.0 Å². The molecule has 2 unspecified atom stereocenters. The minimum atomic E-state index is -0.481. The van der Waals surface area contributed by atoms with Crippen LogP contribution in [0, 0.1) is 0 Å². The highest BCUT2D eigenvalue weighted by Gasteiger charge is 2.29. The summed E-state index contributed by atoms with van der Waals surface area (Å²) in [6.45, 7) is 2.92.